The van der Waals surface area contributed by atoms with Crippen molar-refractivity contribution in [3.63, 3.8) is 0 Å². The standard InChI is InChI=1S/C7H18NO2P/c1-6-7(2)11(9,10-5)8(3)4/h7H,6H2,1-5H3. The normalized spacial score (nSPS) is 19.8. The molecule has 0 aliphatic heterocycles. The lowest BCUT2D eigenvalue weighted by molar-refractivity contribution is 0.334. The van der Waals surface area contributed by atoms with Crippen molar-refractivity contribution in [1.29, 1.82) is 0 Å². The van der Waals surface area contributed by atoms with Gasteiger partial charge in [-0.25, -0.2) is 4.67 Å². The van der Waals surface area contributed by atoms with Gasteiger partial charge < -0.3 is 4.52 Å². The summed E-state index contributed by atoms with van der Waals surface area (Å²) in [6.45, 7) is 3.96. The zero-order valence-electron chi connectivity index (χ0n) is 8.00. The highest BCUT2D eigenvalue weighted by atomic mass is 31.2. The molecule has 0 amide bonds. The highest BCUT2D eigenvalue weighted by Gasteiger charge is 2.30. The molecule has 3 nitrogen and oxygen atoms in total. The van der Waals surface area contributed by atoms with Crippen molar-refractivity contribution in [3.05, 3.63) is 0 Å². The Balaban J connectivity index is 4.47. The molecule has 0 aromatic heterocycles. The topological polar surface area (TPSA) is 29.5 Å². The number of rotatable bonds is 4. The summed E-state index contributed by atoms with van der Waals surface area (Å²) >= 11 is 0. The summed E-state index contributed by atoms with van der Waals surface area (Å²) in [7, 11) is 2.55. The first-order valence-electron chi connectivity index (χ1n) is 3.82. The molecule has 4 heteroatoms. The lowest BCUT2D eigenvalue weighted by atomic mass is 10.4. The van der Waals surface area contributed by atoms with E-state index in [9.17, 15) is 4.57 Å². The molecule has 0 heterocycles. The fraction of sp³-hybridized carbons (Fsp3) is 1.00. The van der Waals surface area contributed by atoms with Gasteiger partial charge in [-0.2, -0.15) is 0 Å². The molecule has 0 aliphatic rings. The highest BCUT2D eigenvalue weighted by Crippen LogP contribution is 2.53. The number of hydrogen-bond donors (Lipinski definition) is 0. The van der Waals surface area contributed by atoms with E-state index in [2.05, 4.69) is 0 Å². The molecule has 0 saturated heterocycles. The Morgan fingerprint density at radius 2 is 2.00 bits per heavy atom. The molecule has 0 rings (SSSR count). The third-order valence-electron chi connectivity index (χ3n) is 1.97. The van der Waals surface area contributed by atoms with Gasteiger partial charge in [-0.15, -0.1) is 0 Å². The molecule has 2 atom stereocenters. The van der Waals surface area contributed by atoms with Gasteiger partial charge in [0.2, 0.25) is 0 Å². The monoisotopic (exact) mass is 179 g/mol. The average Bonchev–Trinajstić information content (AvgIpc) is 2.01. The maximum absolute atomic E-state index is 11.9. The van der Waals surface area contributed by atoms with Gasteiger partial charge in [-0.3, -0.25) is 4.57 Å². The van der Waals surface area contributed by atoms with Crippen LogP contribution in [0.2, 0.25) is 0 Å². The van der Waals surface area contributed by atoms with E-state index in [1.54, 1.807) is 18.8 Å². The van der Waals surface area contributed by atoms with Crippen LogP contribution in [0.4, 0.5) is 0 Å². The van der Waals surface area contributed by atoms with Crippen LogP contribution in [-0.2, 0) is 9.09 Å². The largest absolute Gasteiger partial charge is 0.321 e. The minimum atomic E-state index is -2.53. The van der Waals surface area contributed by atoms with Gasteiger partial charge >= 0.3 is 0 Å². The van der Waals surface area contributed by atoms with Crippen LogP contribution in [0.1, 0.15) is 20.3 Å². The van der Waals surface area contributed by atoms with Crippen LogP contribution in [0.25, 0.3) is 0 Å². The molecule has 0 bridgehead atoms. The Labute approximate surface area is 69.2 Å². The van der Waals surface area contributed by atoms with Crippen LogP contribution in [0.5, 0.6) is 0 Å². The molecule has 0 radical (unpaired) electrons. The van der Waals surface area contributed by atoms with Crippen LogP contribution < -0.4 is 0 Å². The minimum absolute atomic E-state index is 0.113. The zero-order chi connectivity index (χ0) is 9.07. The van der Waals surface area contributed by atoms with E-state index < -0.39 is 7.52 Å². The molecule has 2 unspecified atom stereocenters. The van der Waals surface area contributed by atoms with Gasteiger partial charge in [0.1, 0.15) is 0 Å². The van der Waals surface area contributed by atoms with Gasteiger partial charge in [-0.05, 0) is 20.5 Å². The molecular weight excluding hydrogens is 161 g/mol. The molecule has 68 valence electrons. The molecule has 0 aromatic rings. The van der Waals surface area contributed by atoms with E-state index in [0.717, 1.165) is 6.42 Å². The smallest absolute Gasteiger partial charge is 0.274 e. The predicted molar refractivity (Wildman–Crippen MR) is 48.1 cm³/mol. The van der Waals surface area contributed by atoms with Crippen molar-refractivity contribution in [2.45, 2.75) is 25.9 Å². The van der Waals surface area contributed by atoms with Crippen molar-refractivity contribution >= 4 is 7.52 Å². The molecule has 0 aromatic carbocycles. The second kappa shape index (κ2) is 4.24. The highest BCUT2D eigenvalue weighted by molar-refractivity contribution is 7.57. The maximum atomic E-state index is 11.9. The van der Waals surface area contributed by atoms with Crippen molar-refractivity contribution in [2.75, 3.05) is 21.2 Å². The second-order valence-corrected chi connectivity index (χ2v) is 6.03. The summed E-state index contributed by atoms with van der Waals surface area (Å²) in [5, 5.41) is 0. The summed E-state index contributed by atoms with van der Waals surface area (Å²) in [4.78, 5) is 0. The van der Waals surface area contributed by atoms with Crippen molar-refractivity contribution in [3.8, 4) is 0 Å². The Hall–Kier alpha value is 0.150. The molecule has 11 heavy (non-hydrogen) atoms. The first-order chi connectivity index (χ1) is 4.99. The van der Waals surface area contributed by atoms with E-state index in [4.69, 9.17) is 4.52 Å². The van der Waals surface area contributed by atoms with Gasteiger partial charge in [0, 0.05) is 12.8 Å². The molecule has 0 fully saturated rings. The van der Waals surface area contributed by atoms with Gasteiger partial charge in [0.25, 0.3) is 7.52 Å². The molecule has 0 aliphatic carbocycles. The van der Waals surface area contributed by atoms with Gasteiger partial charge in [0.15, 0.2) is 0 Å². The van der Waals surface area contributed by atoms with Crippen LogP contribution >= 0.6 is 7.52 Å². The maximum Gasteiger partial charge on any atom is 0.274 e. The van der Waals surface area contributed by atoms with E-state index in [1.807, 2.05) is 13.8 Å². The van der Waals surface area contributed by atoms with Crippen molar-refractivity contribution in [2.24, 2.45) is 0 Å². The quantitative estimate of drug-likeness (QED) is 0.619. The number of hydrogen-bond acceptors (Lipinski definition) is 2. The van der Waals surface area contributed by atoms with Gasteiger partial charge in [0.05, 0.1) is 0 Å². The van der Waals surface area contributed by atoms with Crippen molar-refractivity contribution < 1.29 is 9.09 Å². The summed E-state index contributed by atoms with van der Waals surface area (Å²) in [5.74, 6) is 0. The number of nitrogens with zero attached hydrogens (tertiary/aromatic N) is 1. The lowest BCUT2D eigenvalue weighted by Crippen LogP contribution is -2.18. The van der Waals surface area contributed by atoms with E-state index in [0.29, 0.717) is 0 Å². The fourth-order valence-electron chi connectivity index (χ4n) is 0.968. The van der Waals surface area contributed by atoms with E-state index in [1.165, 1.54) is 7.11 Å². The summed E-state index contributed by atoms with van der Waals surface area (Å²) in [6, 6.07) is 0. The Bertz CT molecular complexity index is 159. The lowest BCUT2D eigenvalue weighted by Gasteiger charge is -2.27. The Morgan fingerprint density at radius 3 is 2.09 bits per heavy atom. The zero-order valence-corrected chi connectivity index (χ0v) is 8.89. The fourth-order valence-corrected chi connectivity index (χ4v) is 2.90. The molecular formula is C7H18NO2P. The van der Waals surface area contributed by atoms with Crippen LogP contribution in [-0.4, -0.2) is 31.5 Å². The van der Waals surface area contributed by atoms with Crippen LogP contribution in [0.3, 0.4) is 0 Å². The Morgan fingerprint density at radius 1 is 1.55 bits per heavy atom. The van der Waals surface area contributed by atoms with Crippen molar-refractivity contribution in [1.82, 2.24) is 4.67 Å². The minimum Gasteiger partial charge on any atom is -0.321 e. The third kappa shape index (κ3) is 2.29. The van der Waals surface area contributed by atoms with E-state index >= 15 is 0 Å². The molecule has 0 saturated carbocycles. The summed E-state index contributed by atoms with van der Waals surface area (Å²) < 4.78 is 18.6. The first kappa shape index (κ1) is 11.2. The predicted octanol–water partition coefficient (Wildman–Crippen LogP) is 2.19. The third-order valence-corrected chi connectivity index (χ3v) is 5.08. The van der Waals surface area contributed by atoms with Crippen LogP contribution in [0.15, 0.2) is 0 Å². The van der Waals surface area contributed by atoms with Crippen LogP contribution in [0, 0.1) is 0 Å². The Kier molecular flexibility index (Phi) is 4.30. The van der Waals surface area contributed by atoms with Gasteiger partial charge in [-0.1, -0.05) is 13.8 Å². The first-order valence-corrected chi connectivity index (χ1v) is 5.47. The summed E-state index contributed by atoms with van der Waals surface area (Å²) in [5.41, 5.74) is 0.113. The second-order valence-electron chi connectivity index (χ2n) is 2.85. The SMILES string of the molecule is CCC(C)P(=O)(OC)N(C)C. The average molecular weight is 179 g/mol. The van der Waals surface area contributed by atoms with E-state index in [-0.39, 0.29) is 5.66 Å². The summed E-state index contributed by atoms with van der Waals surface area (Å²) in [6.07, 6.45) is 0.878. The molecule has 0 spiro atoms. The molecule has 0 N–H and O–H groups in total.